The fraction of sp³-hybridized carbons (Fsp3) is 0. The van der Waals surface area contributed by atoms with Crippen LogP contribution in [0.15, 0.2) is 16.6 Å². The molecule has 0 saturated heterocycles. The van der Waals surface area contributed by atoms with Crippen LogP contribution in [0, 0.1) is 13.0 Å². The second-order valence-corrected chi connectivity index (χ2v) is 4.67. The molecular formula is C6H2BrFI2. The van der Waals surface area contributed by atoms with Gasteiger partial charge in [0.05, 0.1) is 3.57 Å². The van der Waals surface area contributed by atoms with Crippen molar-refractivity contribution >= 4 is 61.1 Å². The van der Waals surface area contributed by atoms with Gasteiger partial charge in [-0.25, -0.2) is 4.39 Å². The lowest BCUT2D eigenvalue weighted by Crippen LogP contribution is -1.86. The van der Waals surface area contributed by atoms with E-state index in [0.717, 1.165) is 8.04 Å². The van der Waals surface area contributed by atoms with Gasteiger partial charge in [-0.1, -0.05) is 0 Å². The minimum atomic E-state index is -0.159. The summed E-state index contributed by atoms with van der Waals surface area (Å²) in [6.45, 7) is 0. The van der Waals surface area contributed by atoms with Gasteiger partial charge in [-0.05, 0) is 73.2 Å². The fourth-order valence-corrected chi connectivity index (χ4v) is 2.11. The molecule has 1 aromatic rings. The van der Waals surface area contributed by atoms with Crippen molar-refractivity contribution in [3.63, 3.8) is 0 Å². The summed E-state index contributed by atoms with van der Waals surface area (Å²) in [5.74, 6) is -0.159. The lowest BCUT2D eigenvalue weighted by molar-refractivity contribution is 0.618. The minimum Gasteiger partial charge on any atom is -0.206 e. The van der Waals surface area contributed by atoms with E-state index in [1.54, 1.807) is 6.07 Å². The Balaban J connectivity index is 3.34. The van der Waals surface area contributed by atoms with Gasteiger partial charge in [-0.15, -0.1) is 0 Å². The standard InChI is InChI=1S/C6H2BrFI2/c7-3-1-2-4(8)6(10)5(3)9/h1-2H. The molecule has 10 heavy (non-hydrogen) atoms. The van der Waals surface area contributed by atoms with Crippen LogP contribution in [0.3, 0.4) is 0 Å². The van der Waals surface area contributed by atoms with Crippen LogP contribution in [0.5, 0.6) is 0 Å². The number of hydrogen-bond donors (Lipinski definition) is 0. The van der Waals surface area contributed by atoms with E-state index in [-0.39, 0.29) is 5.82 Å². The Labute approximate surface area is 94.0 Å². The second kappa shape index (κ2) is 3.66. The van der Waals surface area contributed by atoms with Crippen LogP contribution in [-0.4, -0.2) is 0 Å². The summed E-state index contributed by atoms with van der Waals surface area (Å²) in [6.07, 6.45) is 0. The van der Waals surface area contributed by atoms with E-state index in [1.165, 1.54) is 6.07 Å². The van der Waals surface area contributed by atoms with Gasteiger partial charge in [0.25, 0.3) is 0 Å². The Morgan fingerprint density at radius 3 is 2.30 bits per heavy atom. The molecule has 0 aliphatic carbocycles. The summed E-state index contributed by atoms with van der Waals surface area (Å²) < 4.78 is 15.3. The maximum absolute atomic E-state index is 12.7. The molecule has 0 N–H and O–H groups in total. The highest BCUT2D eigenvalue weighted by molar-refractivity contribution is 14.1. The minimum absolute atomic E-state index is 0.159. The van der Waals surface area contributed by atoms with E-state index in [9.17, 15) is 4.39 Å². The van der Waals surface area contributed by atoms with Crippen molar-refractivity contribution < 1.29 is 4.39 Å². The van der Waals surface area contributed by atoms with E-state index >= 15 is 0 Å². The highest BCUT2D eigenvalue weighted by atomic mass is 127. The van der Waals surface area contributed by atoms with Crippen LogP contribution in [0.1, 0.15) is 0 Å². The van der Waals surface area contributed by atoms with E-state index in [1.807, 2.05) is 22.6 Å². The summed E-state index contributed by atoms with van der Waals surface area (Å²) in [7, 11) is 0. The van der Waals surface area contributed by atoms with Crippen molar-refractivity contribution in [1.29, 1.82) is 0 Å². The predicted octanol–water partition coefficient (Wildman–Crippen LogP) is 3.80. The summed E-state index contributed by atoms with van der Waals surface area (Å²) in [5.41, 5.74) is 0. The van der Waals surface area contributed by atoms with Gasteiger partial charge < -0.3 is 0 Å². The molecule has 54 valence electrons. The first-order valence-electron chi connectivity index (χ1n) is 2.42. The highest BCUT2D eigenvalue weighted by Crippen LogP contribution is 2.25. The van der Waals surface area contributed by atoms with Crippen molar-refractivity contribution in [3.8, 4) is 0 Å². The van der Waals surface area contributed by atoms with Gasteiger partial charge in [0.1, 0.15) is 5.82 Å². The molecule has 4 heteroatoms. The third kappa shape index (κ3) is 1.82. The smallest absolute Gasteiger partial charge is 0.137 e. The number of rotatable bonds is 0. The maximum Gasteiger partial charge on any atom is 0.137 e. The first kappa shape index (κ1) is 9.18. The molecule has 0 heterocycles. The van der Waals surface area contributed by atoms with Crippen LogP contribution in [0.25, 0.3) is 0 Å². The average molecular weight is 427 g/mol. The molecule has 0 radical (unpaired) electrons. The lowest BCUT2D eigenvalue weighted by atomic mass is 10.4. The highest BCUT2D eigenvalue weighted by Gasteiger charge is 2.05. The molecule has 0 aromatic heterocycles. The Bertz CT molecular complexity index is 235. The van der Waals surface area contributed by atoms with Gasteiger partial charge >= 0.3 is 0 Å². The molecule has 0 bridgehead atoms. The van der Waals surface area contributed by atoms with Crippen molar-refractivity contribution in [2.24, 2.45) is 0 Å². The van der Waals surface area contributed by atoms with Crippen LogP contribution in [0.2, 0.25) is 0 Å². The zero-order valence-electron chi connectivity index (χ0n) is 4.67. The van der Waals surface area contributed by atoms with E-state index in [4.69, 9.17) is 0 Å². The zero-order chi connectivity index (χ0) is 7.72. The van der Waals surface area contributed by atoms with Crippen LogP contribution in [-0.2, 0) is 0 Å². The number of hydrogen-bond acceptors (Lipinski definition) is 0. The molecule has 0 saturated carbocycles. The first-order valence-corrected chi connectivity index (χ1v) is 5.37. The van der Waals surface area contributed by atoms with Crippen molar-refractivity contribution in [1.82, 2.24) is 0 Å². The van der Waals surface area contributed by atoms with Gasteiger partial charge in [-0.2, -0.15) is 0 Å². The Hall–Kier alpha value is 1.09. The van der Waals surface area contributed by atoms with E-state index in [2.05, 4.69) is 38.5 Å². The molecule has 0 aliphatic heterocycles. The monoisotopic (exact) mass is 426 g/mol. The van der Waals surface area contributed by atoms with Crippen LogP contribution < -0.4 is 0 Å². The molecule has 0 atom stereocenters. The van der Waals surface area contributed by atoms with E-state index < -0.39 is 0 Å². The fourth-order valence-electron chi connectivity index (χ4n) is 0.502. The van der Waals surface area contributed by atoms with Crippen molar-refractivity contribution in [2.75, 3.05) is 0 Å². The molecule has 0 spiro atoms. The zero-order valence-corrected chi connectivity index (χ0v) is 10.6. The third-order valence-corrected chi connectivity index (χ3v) is 5.60. The van der Waals surface area contributed by atoms with Gasteiger partial charge in [-0.3, -0.25) is 0 Å². The van der Waals surface area contributed by atoms with E-state index in [0.29, 0.717) is 3.57 Å². The molecule has 0 unspecified atom stereocenters. The summed E-state index contributed by atoms with van der Waals surface area (Å²) in [6, 6.07) is 3.16. The number of halogens is 4. The van der Waals surface area contributed by atoms with Gasteiger partial charge in [0.2, 0.25) is 0 Å². The summed E-state index contributed by atoms with van der Waals surface area (Å²) >= 11 is 7.38. The van der Waals surface area contributed by atoms with Crippen LogP contribution >= 0.6 is 61.1 Å². The lowest BCUT2D eigenvalue weighted by Gasteiger charge is -1.98. The molecule has 0 fully saturated rings. The molecule has 0 aliphatic rings. The molecule has 0 nitrogen and oxygen atoms in total. The molecule has 1 rings (SSSR count). The van der Waals surface area contributed by atoms with Crippen molar-refractivity contribution in [3.05, 3.63) is 29.6 Å². The molecule has 0 amide bonds. The SMILES string of the molecule is Fc1ccc(Br)c(I)c1I. The maximum atomic E-state index is 12.7. The normalized spacial score (nSPS) is 10.0. The van der Waals surface area contributed by atoms with Gasteiger partial charge in [0, 0.05) is 8.04 Å². The third-order valence-electron chi connectivity index (χ3n) is 0.988. The average Bonchev–Trinajstić information content (AvgIpc) is 1.93. The quantitative estimate of drug-likeness (QED) is 0.336. The number of benzene rings is 1. The van der Waals surface area contributed by atoms with Crippen molar-refractivity contribution in [2.45, 2.75) is 0 Å². The van der Waals surface area contributed by atoms with Crippen LogP contribution in [0.4, 0.5) is 4.39 Å². The molecular weight excluding hydrogens is 425 g/mol. The second-order valence-electron chi connectivity index (χ2n) is 1.66. The first-order chi connectivity index (χ1) is 4.63. The molecule has 1 aromatic carbocycles. The topological polar surface area (TPSA) is 0 Å². The Morgan fingerprint density at radius 2 is 1.80 bits per heavy atom. The Morgan fingerprint density at radius 1 is 1.20 bits per heavy atom. The largest absolute Gasteiger partial charge is 0.206 e. The Kier molecular flexibility index (Phi) is 3.36. The predicted molar refractivity (Wildman–Crippen MR) is 59.5 cm³/mol. The van der Waals surface area contributed by atoms with Gasteiger partial charge in [0.15, 0.2) is 0 Å². The summed E-state index contributed by atoms with van der Waals surface area (Å²) in [5, 5.41) is 0. The summed E-state index contributed by atoms with van der Waals surface area (Å²) in [4.78, 5) is 0.